The van der Waals surface area contributed by atoms with Crippen LogP contribution in [0.2, 0.25) is 0 Å². The fourth-order valence-electron chi connectivity index (χ4n) is 4.62. The van der Waals surface area contributed by atoms with Gasteiger partial charge in [0.1, 0.15) is 6.10 Å². The molecule has 0 aliphatic carbocycles. The van der Waals surface area contributed by atoms with Gasteiger partial charge in [0, 0.05) is 49.9 Å². The Bertz CT molecular complexity index is 1310. The number of amidine groups is 1. The zero-order valence-electron chi connectivity index (χ0n) is 21.5. The maximum atomic E-state index is 12.6. The number of hydrogen-bond donors (Lipinski definition) is 1. The first-order chi connectivity index (χ1) is 18.1. The summed E-state index contributed by atoms with van der Waals surface area (Å²) in [5.41, 5.74) is 6.05. The smallest absolute Gasteiger partial charge is 0.290 e. The van der Waals surface area contributed by atoms with Crippen molar-refractivity contribution in [1.82, 2.24) is 9.47 Å². The van der Waals surface area contributed by atoms with Crippen LogP contribution in [0.1, 0.15) is 35.3 Å². The number of ether oxygens (including phenoxy) is 3. The lowest BCUT2D eigenvalue weighted by molar-refractivity contribution is 0.0341. The van der Waals surface area contributed by atoms with Crippen molar-refractivity contribution in [3.8, 4) is 5.69 Å². The van der Waals surface area contributed by atoms with Crippen molar-refractivity contribution in [3.63, 3.8) is 0 Å². The molecule has 1 unspecified atom stereocenters. The minimum atomic E-state index is -0.239. The minimum Gasteiger partial charge on any atom is -0.455 e. The van der Waals surface area contributed by atoms with Gasteiger partial charge in [-0.05, 0) is 60.4 Å². The normalized spacial score (nSPS) is 17.9. The van der Waals surface area contributed by atoms with Gasteiger partial charge in [-0.25, -0.2) is 4.99 Å². The predicted molar refractivity (Wildman–Crippen MR) is 144 cm³/mol. The highest BCUT2D eigenvalue weighted by Crippen LogP contribution is 2.28. The van der Waals surface area contributed by atoms with E-state index in [1.165, 1.54) is 0 Å². The van der Waals surface area contributed by atoms with Crippen LogP contribution in [-0.4, -0.2) is 54.9 Å². The molecule has 8 heteroatoms. The second kappa shape index (κ2) is 11.7. The molecule has 1 atom stereocenters. The van der Waals surface area contributed by atoms with E-state index in [0.29, 0.717) is 25.8 Å². The third kappa shape index (κ3) is 6.28. The first-order valence-electron chi connectivity index (χ1n) is 12.9. The van der Waals surface area contributed by atoms with Crippen LogP contribution >= 0.6 is 0 Å². The summed E-state index contributed by atoms with van der Waals surface area (Å²) >= 11 is 0. The zero-order valence-corrected chi connectivity index (χ0v) is 21.5. The topological polar surface area (TPSA) is 77.3 Å². The number of morpholine rings is 1. The molecule has 0 radical (unpaired) electrons. The molecule has 3 aromatic rings. The monoisotopic (exact) mass is 502 g/mol. The highest BCUT2D eigenvalue weighted by molar-refractivity contribution is 5.91. The first kappa shape index (κ1) is 25.2. The number of aromatic nitrogens is 1. The summed E-state index contributed by atoms with van der Waals surface area (Å²) in [6, 6.07) is 18.2. The highest BCUT2D eigenvalue weighted by Gasteiger charge is 2.24. The number of aliphatic imine (C=N–C) groups is 1. The molecule has 1 aromatic heterocycles. The maximum Gasteiger partial charge on any atom is 0.290 e. The summed E-state index contributed by atoms with van der Waals surface area (Å²) in [4.78, 5) is 19.6. The van der Waals surface area contributed by atoms with Crippen molar-refractivity contribution in [3.05, 3.63) is 93.4 Å². The molecular weight excluding hydrogens is 468 g/mol. The molecule has 2 aromatic carbocycles. The molecule has 194 valence electrons. The Morgan fingerprint density at radius 2 is 1.95 bits per heavy atom. The van der Waals surface area contributed by atoms with Crippen molar-refractivity contribution in [2.45, 2.75) is 33.1 Å². The zero-order chi connectivity index (χ0) is 25.6. The number of hydrogen-bond acceptors (Lipinski definition) is 7. The second-order valence-corrected chi connectivity index (χ2v) is 9.39. The summed E-state index contributed by atoms with van der Waals surface area (Å²) in [6.45, 7) is 9.85. The van der Waals surface area contributed by atoms with Crippen LogP contribution in [0.3, 0.4) is 0 Å². The van der Waals surface area contributed by atoms with Gasteiger partial charge >= 0.3 is 0 Å². The first-order valence-corrected chi connectivity index (χ1v) is 12.9. The molecule has 0 saturated carbocycles. The molecule has 2 aliphatic heterocycles. The number of nitrogens with one attached hydrogen (secondary N) is 1. The molecule has 37 heavy (non-hydrogen) atoms. The summed E-state index contributed by atoms with van der Waals surface area (Å²) in [7, 11) is 0. The van der Waals surface area contributed by atoms with Crippen molar-refractivity contribution in [2.75, 3.05) is 44.8 Å². The number of nitrogens with zero attached hydrogens (tertiary/aromatic N) is 3. The fourth-order valence-corrected chi connectivity index (χ4v) is 4.62. The lowest BCUT2D eigenvalue weighted by Crippen LogP contribution is -2.35. The van der Waals surface area contributed by atoms with Gasteiger partial charge in [0.2, 0.25) is 0 Å². The van der Waals surface area contributed by atoms with Crippen molar-refractivity contribution >= 4 is 11.7 Å². The molecule has 5 rings (SSSR count). The van der Waals surface area contributed by atoms with E-state index in [2.05, 4.69) is 52.5 Å². The van der Waals surface area contributed by atoms with Crippen molar-refractivity contribution < 1.29 is 14.2 Å². The standard InChI is InChI=1S/C29H34N4O4/c1-3-35-20-22-8-7-21(2)26(16-22)31-29-30-18-27(37-29)24-14-23(19-32-10-12-36-13-11-32)15-25(17-24)33-9-5-4-6-28(33)34/h4-9,14-17,27H,3,10-13,18-20H2,1-2H3,(H,30,31). The van der Waals surface area contributed by atoms with Gasteiger partial charge in [-0.3, -0.25) is 14.3 Å². The number of benzene rings is 2. The number of anilines is 1. The summed E-state index contributed by atoms with van der Waals surface area (Å²) in [5.74, 6) is 0. The third-order valence-electron chi connectivity index (χ3n) is 6.65. The summed E-state index contributed by atoms with van der Waals surface area (Å²) in [5, 5.41) is 3.36. The predicted octanol–water partition coefficient (Wildman–Crippen LogP) is 4.05. The van der Waals surface area contributed by atoms with Gasteiger partial charge in [-0.1, -0.05) is 24.3 Å². The van der Waals surface area contributed by atoms with Crippen LogP contribution in [0.5, 0.6) is 0 Å². The van der Waals surface area contributed by atoms with Crippen LogP contribution in [0.15, 0.2) is 70.6 Å². The SMILES string of the molecule is CCOCc1ccc(C)c(NC2=NCC(c3cc(CN4CCOCC4)cc(-n4ccccc4=O)c3)O2)c1. The van der Waals surface area contributed by atoms with Crippen LogP contribution in [0.4, 0.5) is 5.69 Å². The maximum absolute atomic E-state index is 12.6. The van der Waals surface area contributed by atoms with Crippen molar-refractivity contribution in [2.24, 2.45) is 4.99 Å². The quantitative estimate of drug-likeness (QED) is 0.501. The molecule has 8 nitrogen and oxygen atoms in total. The van der Waals surface area contributed by atoms with E-state index in [-0.39, 0.29) is 11.7 Å². The molecule has 1 N–H and O–H groups in total. The number of aryl methyl sites for hydroxylation is 1. The molecule has 0 spiro atoms. The Morgan fingerprint density at radius 3 is 2.76 bits per heavy atom. The van der Waals surface area contributed by atoms with Gasteiger partial charge < -0.3 is 19.5 Å². The third-order valence-corrected chi connectivity index (χ3v) is 6.65. The second-order valence-electron chi connectivity index (χ2n) is 9.39. The van der Waals surface area contributed by atoms with E-state index in [4.69, 9.17) is 14.2 Å². The molecule has 3 heterocycles. The minimum absolute atomic E-state index is 0.0645. The van der Waals surface area contributed by atoms with Gasteiger partial charge in [0.05, 0.1) is 26.4 Å². The largest absolute Gasteiger partial charge is 0.455 e. The summed E-state index contributed by atoms with van der Waals surface area (Å²) in [6.07, 6.45) is 1.56. The number of pyridine rings is 1. The van der Waals surface area contributed by atoms with Crippen LogP contribution in [0.25, 0.3) is 5.69 Å². The van der Waals surface area contributed by atoms with Crippen LogP contribution in [-0.2, 0) is 27.4 Å². The van der Waals surface area contributed by atoms with Crippen LogP contribution in [0, 0.1) is 6.92 Å². The lowest BCUT2D eigenvalue weighted by Gasteiger charge is -2.27. The molecular formula is C29H34N4O4. The van der Waals surface area contributed by atoms with E-state index in [9.17, 15) is 4.79 Å². The Morgan fingerprint density at radius 1 is 1.08 bits per heavy atom. The average Bonchev–Trinajstić information content (AvgIpc) is 3.38. The molecule has 2 aliphatic rings. The lowest BCUT2D eigenvalue weighted by atomic mass is 10.0. The van der Waals surface area contributed by atoms with Gasteiger partial charge in [0.15, 0.2) is 0 Å². The van der Waals surface area contributed by atoms with E-state index in [1.807, 2.05) is 19.1 Å². The van der Waals surface area contributed by atoms with Gasteiger partial charge in [-0.2, -0.15) is 0 Å². The molecule has 1 fully saturated rings. The van der Waals surface area contributed by atoms with Gasteiger partial charge in [0.25, 0.3) is 11.6 Å². The number of rotatable bonds is 8. The highest BCUT2D eigenvalue weighted by atomic mass is 16.5. The van der Waals surface area contributed by atoms with E-state index in [0.717, 1.165) is 66.5 Å². The van der Waals surface area contributed by atoms with Crippen molar-refractivity contribution in [1.29, 1.82) is 0 Å². The van der Waals surface area contributed by atoms with Crippen LogP contribution < -0.4 is 10.9 Å². The Hall–Kier alpha value is -3.46. The van der Waals surface area contributed by atoms with E-state index in [1.54, 1.807) is 22.9 Å². The average molecular weight is 503 g/mol. The molecule has 0 bridgehead atoms. The Labute approximate surface area is 217 Å². The Kier molecular flexibility index (Phi) is 7.99. The molecule has 0 amide bonds. The molecule has 1 saturated heterocycles. The fraction of sp³-hybridized carbons (Fsp3) is 0.379. The van der Waals surface area contributed by atoms with E-state index < -0.39 is 0 Å². The Balaban J connectivity index is 1.36. The summed E-state index contributed by atoms with van der Waals surface area (Å²) < 4.78 is 19.0. The van der Waals surface area contributed by atoms with E-state index >= 15 is 0 Å². The van der Waals surface area contributed by atoms with Gasteiger partial charge in [-0.15, -0.1) is 0 Å².